The second-order valence-electron chi connectivity index (χ2n) is 7.30. The van der Waals surface area contributed by atoms with Crippen molar-refractivity contribution >= 4 is 17.9 Å². The summed E-state index contributed by atoms with van der Waals surface area (Å²) in [6, 6.07) is -1.85. The molecule has 3 amide bonds. The van der Waals surface area contributed by atoms with Crippen molar-refractivity contribution in [3.05, 3.63) is 37.0 Å². The van der Waals surface area contributed by atoms with E-state index in [9.17, 15) is 19.5 Å². The zero-order valence-electron chi connectivity index (χ0n) is 19.0. The summed E-state index contributed by atoms with van der Waals surface area (Å²) in [5, 5.41) is 18.3. The van der Waals surface area contributed by atoms with Gasteiger partial charge in [0.25, 0.3) is 5.91 Å². The van der Waals surface area contributed by atoms with Gasteiger partial charge in [0.15, 0.2) is 6.10 Å². The van der Waals surface area contributed by atoms with E-state index in [4.69, 9.17) is 9.47 Å². The minimum absolute atomic E-state index is 0.0475. The Kier molecular flexibility index (Phi) is 14.7. The molecular formula is C22H37N3O6. The molecule has 0 aliphatic heterocycles. The van der Waals surface area contributed by atoms with Crippen LogP contribution in [0.15, 0.2) is 37.0 Å². The summed E-state index contributed by atoms with van der Waals surface area (Å²) < 4.78 is 9.81. The van der Waals surface area contributed by atoms with Gasteiger partial charge in [-0.05, 0) is 31.3 Å². The van der Waals surface area contributed by atoms with Crippen molar-refractivity contribution in [3.8, 4) is 0 Å². The minimum Gasteiger partial charge on any atom is -0.447 e. The zero-order chi connectivity index (χ0) is 23.8. The number of carbonyl (C=O) groups is 3. The maximum atomic E-state index is 13.0. The lowest BCUT2D eigenvalue weighted by Gasteiger charge is -2.27. The fourth-order valence-electron chi connectivity index (χ4n) is 2.72. The van der Waals surface area contributed by atoms with Crippen LogP contribution in [0.3, 0.4) is 0 Å². The molecule has 3 unspecified atom stereocenters. The van der Waals surface area contributed by atoms with Crippen molar-refractivity contribution in [2.45, 2.75) is 51.8 Å². The second kappa shape index (κ2) is 16.1. The summed E-state index contributed by atoms with van der Waals surface area (Å²) in [6.45, 7) is 13.5. The van der Waals surface area contributed by atoms with Gasteiger partial charge in [0.05, 0.1) is 12.6 Å². The van der Waals surface area contributed by atoms with E-state index in [2.05, 4.69) is 29.1 Å². The number of hydrogen-bond acceptors (Lipinski definition) is 6. The normalized spacial score (nSPS) is 14.2. The lowest BCUT2D eigenvalue weighted by Crippen LogP contribution is -2.56. The topological polar surface area (TPSA) is 126 Å². The van der Waals surface area contributed by atoms with E-state index in [1.807, 2.05) is 13.8 Å². The van der Waals surface area contributed by atoms with Gasteiger partial charge in [0.2, 0.25) is 5.91 Å². The molecule has 0 aliphatic carbocycles. The van der Waals surface area contributed by atoms with E-state index >= 15 is 0 Å². The maximum Gasteiger partial charge on any atom is 0.407 e. The molecule has 0 radical (unpaired) electrons. The quantitative estimate of drug-likeness (QED) is 0.226. The molecule has 9 nitrogen and oxygen atoms in total. The van der Waals surface area contributed by atoms with Crippen molar-refractivity contribution in [1.29, 1.82) is 0 Å². The molecule has 176 valence electrons. The van der Waals surface area contributed by atoms with Gasteiger partial charge in [-0.1, -0.05) is 45.2 Å². The van der Waals surface area contributed by atoms with E-state index in [-0.39, 0.29) is 25.6 Å². The van der Waals surface area contributed by atoms with Gasteiger partial charge in [-0.3, -0.25) is 9.59 Å². The first-order valence-electron chi connectivity index (χ1n) is 10.3. The molecule has 0 saturated carbocycles. The van der Waals surface area contributed by atoms with Crippen molar-refractivity contribution in [1.82, 2.24) is 16.0 Å². The van der Waals surface area contributed by atoms with Crippen LogP contribution in [-0.4, -0.2) is 68.1 Å². The van der Waals surface area contributed by atoms with E-state index < -0.39 is 36.1 Å². The average Bonchev–Trinajstić information content (AvgIpc) is 2.71. The van der Waals surface area contributed by atoms with Crippen LogP contribution < -0.4 is 16.0 Å². The van der Waals surface area contributed by atoms with Crippen molar-refractivity contribution in [2.24, 2.45) is 5.92 Å². The Hall–Kier alpha value is -2.65. The fraction of sp³-hybridized carbons (Fsp3) is 0.591. The Labute approximate surface area is 184 Å². The number of likely N-dealkylation sites (N-methyl/N-ethyl adjacent to an activating group) is 1. The first kappa shape index (κ1) is 28.4. The number of aliphatic hydroxyl groups is 1. The smallest absolute Gasteiger partial charge is 0.407 e. The van der Waals surface area contributed by atoms with Crippen LogP contribution in [0.2, 0.25) is 0 Å². The predicted octanol–water partition coefficient (Wildman–Crippen LogP) is 1.44. The van der Waals surface area contributed by atoms with Gasteiger partial charge in [-0.15, -0.1) is 0 Å². The van der Waals surface area contributed by atoms with Crippen molar-refractivity contribution in [2.75, 3.05) is 26.9 Å². The number of rotatable bonds is 15. The molecule has 0 bridgehead atoms. The standard InChI is InChI=1S/C22H37N3O6/c1-7-10-16(8-2)14-17(19(26)21(28)23-9-3)24-20(27)18(13-15(4)5)25-22(29)31-12-11-30-6/h7-8,10,15,17-19,26H,1-2,9,11-14H2,3-6H3,(H,23,28)(H,24,27)(H,25,29)/b16-10+. The number of ether oxygens (including phenoxy) is 2. The number of methoxy groups -OCH3 is 1. The van der Waals surface area contributed by atoms with E-state index in [1.54, 1.807) is 25.2 Å². The highest BCUT2D eigenvalue weighted by Crippen LogP contribution is 2.13. The molecular weight excluding hydrogens is 402 g/mol. The molecule has 9 heteroatoms. The summed E-state index contributed by atoms with van der Waals surface area (Å²) in [6.07, 6.45) is 3.02. The number of allylic oxidation sites excluding steroid dienone is 3. The van der Waals surface area contributed by atoms with Crippen LogP contribution >= 0.6 is 0 Å². The van der Waals surface area contributed by atoms with E-state index in [1.165, 1.54) is 7.11 Å². The largest absolute Gasteiger partial charge is 0.447 e. The summed E-state index contributed by atoms with van der Waals surface area (Å²) in [5.41, 5.74) is 0.677. The lowest BCUT2D eigenvalue weighted by atomic mass is 9.98. The number of carbonyl (C=O) groups excluding carboxylic acids is 3. The molecule has 0 rings (SSSR count). The van der Waals surface area contributed by atoms with Crippen LogP contribution in [0.5, 0.6) is 0 Å². The van der Waals surface area contributed by atoms with Gasteiger partial charge < -0.3 is 30.5 Å². The molecule has 31 heavy (non-hydrogen) atoms. The molecule has 0 aromatic carbocycles. The third-order valence-electron chi connectivity index (χ3n) is 4.21. The first-order valence-corrected chi connectivity index (χ1v) is 10.3. The number of alkyl carbamates (subject to hydrolysis) is 1. The average molecular weight is 440 g/mol. The van der Waals surface area contributed by atoms with Gasteiger partial charge in [0.1, 0.15) is 12.6 Å². The monoisotopic (exact) mass is 439 g/mol. The number of aliphatic hydroxyl groups excluding tert-OH is 1. The number of amides is 3. The third kappa shape index (κ3) is 12.0. The molecule has 4 N–H and O–H groups in total. The molecule has 3 atom stereocenters. The van der Waals surface area contributed by atoms with E-state index in [0.29, 0.717) is 18.5 Å². The van der Waals surface area contributed by atoms with Crippen molar-refractivity contribution in [3.63, 3.8) is 0 Å². The Bertz CT molecular complexity index is 633. The molecule has 0 fully saturated rings. The van der Waals surface area contributed by atoms with Crippen LogP contribution in [0.1, 0.15) is 33.6 Å². The molecule has 0 saturated heterocycles. The minimum atomic E-state index is -1.49. The van der Waals surface area contributed by atoms with Crippen LogP contribution in [0, 0.1) is 5.92 Å². The Morgan fingerprint density at radius 3 is 2.29 bits per heavy atom. The molecule has 0 aromatic heterocycles. The van der Waals surface area contributed by atoms with Crippen molar-refractivity contribution < 1.29 is 29.0 Å². The second-order valence-corrected chi connectivity index (χ2v) is 7.30. The fourth-order valence-corrected chi connectivity index (χ4v) is 2.72. The maximum absolute atomic E-state index is 13.0. The first-order chi connectivity index (χ1) is 14.7. The highest BCUT2D eigenvalue weighted by atomic mass is 16.6. The Balaban J connectivity index is 5.49. The predicted molar refractivity (Wildman–Crippen MR) is 119 cm³/mol. The highest BCUT2D eigenvalue weighted by Gasteiger charge is 2.31. The van der Waals surface area contributed by atoms with Crippen LogP contribution in [0.25, 0.3) is 0 Å². The van der Waals surface area contributed by atoms with Gasteiger partial charge in [0, 0.05) is 13.7 Å². The summed E-state index contributed by atoms with van der Waals surface area (Å²) in [5.74, 6) is -1.05. The summed E-state index contributed by atoms with van der Waals surface area (Å²) in [7, 11) is 1.48. The summed E-state index contributed by atoms with van der Waals surface area (Å²) >= 11 is 0. The molecule has 0 aliphatic rings. The molecule has 0 heterocycles. The number of hydrogen-bond donors (Lipinski definition) is 4. The summed E-state index contributed by atoms with van der Waals surface area (Å²) in [4.78, 5) is 37.2. The van der Waals surface area contributed by atoms with Crippen LogP contribution in [-0.2, 0) is 19.1 Å². The third-order valence-corrected chi connectivity index (χ3v) is 4.21. The Morgan fingerprint density at radius 1 is 1.10 bits per heavy atom. The SMILES string of the molecule is C=C/C=C(\C=C)CC(NC(=O)C(CC(C)C)NC(=O)OCCOC)C(O)C(=O)NCC. The van der Waals surface area contributed by atoms with Gasteiger partial charge in [-0.25, -0.2) is 4.79 Å². The highest BCUT2D eigenvalue weighted by molar-refractivity contribution is 5.87. The molecule has 0 aromatic rings. The zero-order valence-corrected chi connectivity index (χ0v) is 19.0. The Morgan fingerprint density at radius 2 is 1.77 bits per heavy atom. The molecule has 0 spiro atoms. The lowest BCUT2D eigenvalue weighted by molar-refractivity contribution is -0.132. The van der Waals surface area contributed by atoms with Gasteiger partial charge >= 0.3 is 6.09 Å². The van der Waals surface area contributed by atoms with Crippen LogP contribution in [0.4, 0.5) is 4.79 Å². The van der Waals surface area contributed by atoms with E-state index in [0.717, 1.165) is 0 Å². The van der Waals surface area contributed by atoms with Gasteiger partial charge in [-0.2, -0.15) is 0 Å². The number of nitrogens with one attached hydrogen (secondary N) is 3.